The number of ketones is 1. The van der Waals surface area contributed by atoms with Gasteiger partial charge < -0.3 is 14.6 Å². The summed E-state index contributed by atoms with van der Waals surface area (Å²) in [5, 5.41) is 11.6. The van der Waals surface area contributed by atoms with Gasteiger partial charge in [0.1, 0.15) is 6.54 Å². The van der Waals surface area contributed by atoms with Crippen LogP contribution in [0.2, 0.25) is 0 Å². The van der Waals surface area contributed by atoms with Gasteiger partial charge in [0.15, 0.2) is 10.1 Å². The second-order valence-corrected chi connectivity index (χ2v) is 7.69. The molecule has 6 nitrogen and oxygen atoms in total. The molecule has 0 bridgehead atoms. The molecule has 1 N–H and O–H groups in total. The van der Waals surface area contributed by atoms with E-state index in [1.807, 2.05) is 0 Å². The molecular formula is C15H19F3N4O2S2. The van der Waals surface area contributed by atoms with Crippen molar-refractivity contribution >= 4 is 34.0 Å². The van der Waals surface area contributed by atoms with Gasteiger partial charge in [0.2, 0.25) is 5.13 Å². The van der Waals surface area contributed by atoms with Crippen molar-refractivity contribution < 1.29 is 22.7 Å². The summed E-state index contributed by atoms with van der Waals surface area (Å²) in [6.45, 7) is 3.12. The number of rotatable bonds is 9. The average molecular weight is 408 g/mol. The molecule has 11 heteroatoms. The number of halogens is 3. The van der Waals surface area contributed by atoms with E-state index in [-0.39, 0.29) is 11.5 Å². The molecule has 144 valence electrons. The third-order valence-corrected chi connectivity index (χ3v) is 5.54. The van der Waals surface area contributed by atoms with E-state index in [4.69, 9.17) is 4.74 Å². The summed E-state index contributed by atoms with van der Waals surface area (Å²) in [4.78, 5) is 12.4. The van der Waals surface area contributed by atoms with E-state index in [2.05, 4.69) is 15.5 Å². The number of hydrogen-bond acceptors (Lipinski definition) is 7. The first-order valence-corrected chi connectivity index (χ1v) is 9.47. The van der Waals surface area contributed by atoms with Crippen LogP contribution in [0, 0.1) is 13.8 Å². The molecule has 0 fully saturated rings. The smallest absolute Gasteiger partial charge is 0.383 e. The number of methoxy groups -OCH3 is 1. The number of hydrogen-bond donors (Lipinski definition) is 1. The molecule has 2 heterocycles. The number of thioether (sulfide) groups is 1. The topological polar surface area (TPSA) is 69.0 Å². The van der Waals surface area contributed by atoms with Crippen molar-refractivity contribution in [3.8, 4) is 0 Å². The van der Waals surface area contributed by atoms with E-state index >= 15 is 0 Å². The highest BCUT2D eigenvalue weighted by Crippen LogP contribution is 2.28. The van der Waals surface area contributed by atoms with Gasteiger partial charge >= 0.3 is 6.18 Å². The van der Waals surface area contributed by atoms with Crippen molar-refractivity contribution in [2.45, 2.75) is 30.9 Å². The van der Waals surface area contributed by atoms with Crippen LogP contribution in [0.15, 0.2) is 10.4 Å². The zero-order valence-electron chi connectivity index (χ0n) is 14.5. The van der Waals surface area contributed by atoms with Crippen molar-refractivity contribution in [3.63, 3.8) is 0 Å². The number of Topliss-reactive ketones (excluding diaryl/α,β-unsaturated/α-hetero) is 1. The number of anilines is 1. The number of ether oxygens (including phenoxy) is 1. The molecule has 2 aromatic heterocycles. The van der Waals surface area contributed by atoms with Gasteiger partial charge in [-0.2, -0.15) is 13.2 Å². The molecule has 2 rings (SSSR count). The lowest BCUT2D eigenvalue weighted by Gasteiger charge is -2.12. The Labute approximate surface area is 157 Å². The van der Waals surface area contributed by atoms with Gasteiger partial charge in [0, 0.05) is 30.6 Å². The van der Waals surface area contributed by atoms with Crippen LogP contribution >= 0.6 is 23.1 Å². The maximum atomic E-state index is 12.7. The van der Waals surface area contributed by atoms with E-state index in [1.165, 1.54) is 36.1 Å². The van der Waals surface area contributed by atoms with Crippen LogP contribution in [-0.2, 0) is 11.3 Å². The predicted molar refractivity (Wildman–Crippen MR) is 95.3 cm³/mol. The number of carbonyl (C=O) groups excluding carboxylic acids is 1. The first-order chi connectivity index (χ1) is 12.2. The summed E-state index contributed by atoms with van der Waals surface area (Å²) in [5.74, 6) is -0.149. The lowest BCUT2D eigenvalue weighted by molar-refractivity contribution is -0.141. The van der Waals surface area contributed by atoms with Crippen LogP contribution < -0.4 is 5.32 Å². The first-order valence-electron chi connectivity index (χ1n) is 7.67. The minimum absolute atomic E-state index is 0.0863. The summed E-state index contributed by atoms with van der Waals surface area (Å²) in [6.07, 6.45) is -4.33. The van der Waals surface area contributed by atoms with Crippen molar-refractivity contribution in [3.05, 3.63) is 23.0 Å². The quantitative estimate of drug-likeness (QED) is 0.389. The standard InChI is InChI=1S/C15H19F3N4O2S2/c1-9-6-11(10(2)22(9)8-15(16,17)18)12(23)7-25-14-21-20-13(26-14)19-4-5-24-3/h6H,4-5,7-8H2,1-3H3,(H,19,20). The van der Waals surface area contributed by atoms with Crippen molar-refractivity contribution in [1.29, 1.82) is 0 Å². The molecule has 0 aliphatic carbocycles. The summed E-state index contributed by atoms with van der Waals surface area (Å²) >= 11 is 2.52. The zero-order valence-corrected chi connectivity index (χ0v) is 16.1. The largest absolute Gasteiger partial charge is 0.406 e. The zero-order chi connectivity index (χ0) is 19.3. The molecule has 0 aliphatic rings. The SMILES string of the molecule is COCCNc1nnc(SCC(=O)c2cc(C)n(CC(F)(F)F)c2C)s1. The van der Waals surface area contributed by atoms with Crippen molar-refractivity contribution in [1.82, 2.24) is 14.8 Å². The summed E-state index contributed by atoms with van der Waals surface area (Å²) < 4.78 is 44.6. The number of alkyl halides is 3. The number of nitrogens with zero attached hydrogens (tertiary/aromatic N) is 3. The second-order valence-electron chi connectivity index (χ2n) is 5.49. The molecule has 0 amide bonds. The second kappa shape index (κ2) is 8.87. The summed E-state index contributed by atoms with van der Waals surface area (Å²) in [5.41, 5.74) is 1.04. The highest BCUT2D eigenvalue weighted by atomic mass is 32.2. The minimum Gasteiger partial charge on any atom is -0.383 e. The fourth-order valence-electron chi connectivity index (χ4n) is 2.31. The Morgan fingerprint density at radius 3 is 2.77 bits per heavy atom. The van der Waals surface area contributed by atoms with Gasteiger partial charge in [-0.05, 0) is 19.9 Å². The Kier molecular flexibility index (Phi) is 7.07. The van der Waals surface area contributed by atoms with Gasteiger partial charge in [-0.15, -0.1) is 10.2 Å². The first kappa shape index (κ1) is 20.7. The van der Waals surface area contributed by atoms with Crippen LogP contribution in [0.1, 0.15) is 21.7 Å². The van der Waals surface area contributed by atoms with Gasteiger partial charge in [-0.3, -0.25) is 4.79 Å². The van der Waals surface area contributed by atoms with E-state index in [1.54, 1.807) is 14.0 Å². The van der Waals surface area contributed by atoms with Crippen LogP contribution in [0.4, 0.5) is 18.3 Å². The number of aromatic nitrogens is 3. The third-order valence-electron chi connectivity index (χ3n) is 3.53. The predicted octanol–water partition coefficient (Wildman–Crippen LogP) is 3.55. The van der Waals surface area contributed by atoms with Crippen LogP contribution in [0.3, 0.4) is 0 Å². The minimum atomic E-state index is -4.33. The Morgan fingerprint density at radius 1 is 1.38 bits per heavy atom. The lowest BCUT2D eigenvalue weighted by atomic mass is 10.2. The molecule has 0 aromatic carbocycles. The molecule has 0 spiro atoms. The molecule has 0 saturated carbocycles. The van der Waals surface area contributed by atoms with Crippen LogP contribution in [-0.4, -0.2) is 52.7 Å². The normalized spacial score (nSPS) is 11.8. The van der Waals surface area contributed by atoms with E-state index in [0.717, 1.165) is 4.57 Å². The van der Waals surface area contributed by atoms with Gasteiger partial charge in [0.25, 0.3) is 0 Å². The van der Waals surface area contributed by atoms with Crippen LogP contribution in [0.25, 0.3) is 0 Å². The number of aryl methyl sites for hydroxylation is 1. The van der Waals surface area contributed by atoms with E-state index in [0.29, 0.717) is 39.6 Å². The van der Waals surface area contributed by atoms with Crippen molar-refractivity contribution in [2.75, 3.05) is 31.3 Å². The Morgan fingerprint density at radius 2 is 2.12 bits per heavy atom. The van der Waals surface area contributed by atoms with Gasteiger partial charge in [-0.1, -0.05) is 23.1 Å². The summed E-state index contributed by atoms with van der Waals surface area (Å²) in [7, 11) is 1.60. The Hall–Kier alpha value is -1.59. The lowest BCUT2D eigenvalue weighted by Crippen LogP contribution is -2.19. The maximum Gasteiger partial charge on any atom is 0.406 e. The molecule has 26 heavy (non-hydrogen) atoms. The van der Waals surface area contributed by atoms with Crippen LogP contribution in [0.5, 0.6) is 0 Å². The van der Waals surface area contributed by atoms with Gasteiger partial charge in [-0.25, -0.2) is 0 Å². The molecule has 0 saturated heterocycles. The summed E-state index contributed by atoms with van der Waals surface area (Å²) in [6, 6.07) is 1.50. The molecule has 0 atom stereocenters. The molecule has 0 unspecified atom stereocenters. The van der Waals surface area contributed by atoms with Gasteiger partial charge in [0.05, 0.1) is 12.4 Å². The van der Waals surface area contributed by atoms with Crippen molar-refractivity contribution in [2.24, 2.45) is 0 Å². The highest BCUT2D eigenvalue weighted by molar-refractivity contribution is 8.01. The third kappa shape index (κ3) is 5.71. The Bertz CT molecular complexity index is 759. The highest BCUT2D eigenvalue weighted by Gasteiger charge is 2.30. The maximum absolute atomic E-state index is 12.7. The van der Waals surface area contributed by atoms with E-state index in [9.17, 15) is 18.0 Å². The monoisotopic (exact) mass is 408 g/mol. The molecule has 2 aromatic rings. The van der Waals surface area contributed by atoms with E-state index < -0.39 is 12.7 Å². The fourth-order valence-corrected chi connectivity index (χ4v) is 3.97. The molecule has 0 aliphatic heterocycles. The molecule has 0 radical (unpaired) electrons. The Balaban J connectivity index is 1.97. The number of carbonyl (C=O) groups is 1. The number of nitrogens with one attached hydrogen (secondary N) is 1. The fraction of sp³-hybridized carbons (Fsp3) is 0.533. The molecular weight excluding hydrogens is 389 g/mol. The average Bonchev–Trinajstić information content (AvgIpc) is 3.11.